The monoisotopic (exact) mass is 405 g/mol. The van der Waals surface area contributed by atoms with Crippen LogP contribution in [0.3, 0.4) is 0 Å². The summed E-state index contributed by atoms with van der Waals surface area (Å²) < 4.78 is 14.2. The molecule has 1 aliphatic carbocycles. The number of hydrogen-bond donors (Lipinski definition) is 1. The molecule has 1 spiro atoms. The molecule has 1 aromatic carbocycles. The molecule has 4 amide bonds. The standard InChI is InChI=1S/C20H24FN3O3S/c1-13-6-8-20(9-7-13)18(26)24(19(27)22-20)12-16(25)23-10-11-28-17(23)14-4-2-3-5-15(14)21/h2-5,13,17H,6-12H2,1H3,(H,22,27)/t13?,17-,20?/m0/s1. The molecule has 0 radical (unpaired) electrons. The van der Waals surface area contributed by atoms with E-state index in [1.165, 1.54) is 17.8 Å². The zero-order valence-electron chi connectivity index (χ0n) is 15.8. The SMILES string of the molecule is CC1CCC2(CC1)NC(=O)N(CC(=O)N1CCS[C@H]1c1ccccc1F)C2=O. The van der Waals surface area contributed by atoms with E-state index in [1.54, 1.807) is 23.1 Å². The van der Waals surface area contributed by atoms with E-state index in [0.717, 1.165) is 17.7 Å². The number of amides is 4. The summed E-state index contributed by atoms with van der Waals surface area (Å²) in [6.07, 6.45) is 2.99. The molecule has 4 rings (SSSR count). The minimum Gasteiger partial charge on any atom is -0.324 e. The topological polar surface area (TPSA) is 69.7 Å². The van der Waals surface area contributed by atoms with Crippen LogP contribution in [0.25, 0.3) is 0 Å². The maximum absolute atomic E-state index is 14.2. The molecule has 0 aromatic heterocycles. The summed E-state index contributed by atoms with van der Waals surface area (Å²) in [6, 6.07) is 5.90. The zero-order chi connectivity index (χ0) is 19.9. The van der Waals surface area contributed by atoms with Crippen LogP contribution >= 0.6 is 11.8 Å². The Balaban J connectivity index is 1.48. The average molecular weight is 405 g/mol. The highest BCUT2D eigenvalue weighted by Crippen LogP contribution is 2.40. The number of carbonyl (C=O) groups is 3. The second-order valence-corrected chi connectivity index (χ2v) is 9.11. The van der Waals surface area contributed by atoms with Gasteiger partial charge in [-0.25, -0.2) is 9.18 Å². The van der Waals surface area contributed by atoms with Crippen molar-refractivity contribution in [3.63, 3.8) is 0 Å². The number of urea groups is 1. The van der Waals surface area contributed by atoms with Crippen molar-refractivity contribution in [3.8, 4) is 0 Å². The number of rotatable bonds is 3. The fourth-order valence-corrected chi connectivity index (χ4v) is 5.60. The van der Waals surface area contributed by atoms with Crippen molar-refractivity contribution in [2.75, 3.05) is 18.8 Å². The quantitative estimate of drug-likeness (QED) is 0.785. The van der Waals surface area contributed by atoms with Crippen molar-refractivity contribution in [1.29, 1.82) is 0 Å². The summed E-state index contributed by atoms with van der Waals surface area (Å²) in [5.74, 6) is 0.237. The Morgan fingerprint density at radius 3 is 2.71 bits per heavy atom. The number of halogens is 1. The van der Waals surface area contributed by atoms with E-state index in [-0.39, 0.29) is 24.2 Å². The Morgan fingerprint density at radius 2 is 2.00 bits per heavy atom. The smallest absolute Gasteiger partial charge is 0.324 e. The first-order valence-electron chi connectivity index (χ1n) is 9.71. The molecule has 6 nitrogen and oxygen atoms in total. The molecule has 8 heteroatoms. The van der Waals surface area contributed by atoms with Crippen LogP contribution in [0.2, 0.25) is 0 Å². The van der Waals surface area contributed by atoms with Crippen molar-refractivity contribution in [2.24, 2.45) is 5.92 Å². The summed E-state index contributed by atoms with van der Waals surface area (Å²) in [4.78, 5) is 41.0. The van der Waals surface area contributed by atoms with Crippen LogP contribution in [0.15, 0.2) is 24.3 Å². The van der Waals surface area contributed by atoms with E-state index < -0.39 is 16.9 Å². The predicted octanol–water partition coefficient (Wildman–Crippen LogP) is 2.90. The lowest BCUT2D eigenvalue weighted by Crippen LogP contribution is -2.50. The van der Waals surface area contributed by atoms with Crippen molar-refractivity contribution in [2.45, 2.75) is 43.5 Å². The van der Waals surface area contributed by atoms with Gasteiger partial charge in [-0.05, 0) is 37.7 Å². The normalized spacial score (nSPS) is 30.2. The van der Waals surface area contributed by atoms with Gasteiger partial charge in [0.25, 0.3) is 5.91 Å². The van der Waals surface area contributed by atoms with E-state index in [0.29, 0.717) is 36.6 Å². The van der Waals surface area contributed by atoms with Gasteiger partial charge in [-0.15, -0.1) is 11.8 Å². The van der Waals surface area contributed by atoms with Crippen molar-refractivity contribution in [3.05, 3.63) is 35.6 Å². The third kappa shape index (κ3) is 3.27. The molecule has 3 aliphatic rings. The molecule has 28 heavy (non-hydrogen) atoms. The molecule has 3 fully saturated rings. The molecular weight excluding hydrogens is 381 g/mol. The first-order valence-corrected chi connectivity index (χ1v) is 10.8. The van der Waals surface area contributed by atoms with Gasteiger partial charge in [-0.1, -0.05) is 25.1 Å². The molecule has 1 atom stereocenters. The Morgan fingerprint density at radius 1 is 1.29 bits per heavy atom. The summed E-state index contributed by atoms with van der Waals surface area (Å²) in [6.45, 7) is 2.31. The van der Waals surface area contributed by atoms with Gasteiger partial charge in [-0.3, -0.25) is 14.5 Å². The minimum absolute atomic E-state index is 0.298. The second-order valence-electron chi connectivity index (χ2n) is 7.92. The fourth-order valence-electron chi connectivity index (χ4n) is 4.30. The third-order valence-electron chi connectivity index (χ3n) is 6.05. The van der Waals surface area contributed by atoms with E-state index in [9.17, 15) is 18.8 Å². The van der Waals surface area contributed by atoms with Crippen LogP contribution in [0, 0.1) is 11.7 Å². The molecule has 150 valence electrons. The van der Waals surface area contributed by atoms with Crippen molar-refractivity contribution in [1.82, 2.24) is 15.1 Å². The van der Waals surface area contributed by atoms with Crippen LogP contribution in [0.4, 0.5) is 9.18 Å². The number of carbonyl (C=O) groups excluding carboxylic acids is 3. The molecule has 0 bridgehead atoms. The van der Waals surface area contributed by atoms with Gasteiger partial charge in [0.2, 0.25) is 5.91 Å². The number of nitrogens with one attached hydrogen (secondary N) is 1. The fraction of sp³-hybridized carbons (Fsp3) is 0.550. The van der Waals surface area contributed by atoms with Gasteiger partial charge in [0.05, 0.1) is 0 Å². The van der Waals surface area contributed by atoms with Crippen LogP contribution in [-0.2, 0) is 9.59 Å². The van der Waals surface area contributed by atoms with Crippen LogP contribution in [0.5, 0.6) is 0 Å². The maximum Gasteiger partial charge on any atom is 0.325 e. The van der Waals surface area contributed by atoms with Crippen LogP contribution in [-0.4, -0.2) is 52.0 Å². The Hall–Kier alpha value is -2.09. The number of hydrogen-bond acceptors (Lipinski definition) is 4. The van der Waals surface area contributed by atoms with Crippen LogP contribution in [0.1, 0.15) is 43.5 Å². The highest BCUT2D eigenvalue weighted by molar-refractivity contribution is 7.99. The molecule has 1 N–H and O–H groups in total. The lowest BCUT2D eigenvalue weighted by atomic mass is 9.77. The second kappa shape index (κ2) is 7.39. The molecule has 1 aromatic rings. The van der Waals surface area contributed by atoms with E-state index in [4.69, 9.17) is 0 Å². The van der Waals surface area contributed by atoms with Gasteiger partial charge < -0.3 is 10.2 Å². The predicted molar refractivity (Wildman–Crippen MR) is 104 cm³/mol. The molecule has 0 unspecified atom stereocenters. The highest BCUT2D eigenvalue weighted by Gasteiger charge is 2.52. The van der Waals surface area contributed by atoms with Gasteiger partial charge in [0.15, 0.2) is 0 Å². The van der Waals surface area contributed by atoms with Gasteiger partial charge in [0, 0.05) is 17.9 Å². The van der Waals surface area contributed by atoms with Crippen molar-refractivity contribution >= 4 is 29.6 Å². The Bertz CT molecular complexity index is 810. The molecule has 2 saturated heterocycles. The molecule has 2 heterocycles. The maximum atomic E-state index is 14.2. The zero-order valence-corrected chi connectivity index (χ0v) is 16.6. The minimum atomic E-state index is -0.853. The number of nitrogens with zero attached hydrogens (tertiary/aromatic N) is 2. The Labute approximate surface area is 167 Å². The molecule has 2 aliphatic heterocycles. The average Bonchev–Trinajstić information content (AvgIpc) is 3.24. The van der Waals surface area contributed by atoms with E-state index in [1.807, 2.05) is 0 Å². The first-order chi connectivity index (χ1) is 13.4. The molecular formula is C20H24FN3O3S. The molecule has 1 saturated carbocycles. The van der Waals surface area contributed by atoms with Crippen LogP contribution < -0.4 is 5.32 Å². The third-order valence-corrected chi connectivity index (χ3v) is 7.29. The largest absolute Gasteiger partial charge is 0.325 e. The van der Waals surface area contributed by atoms with Crippen molar-refractivity contribution < 1.29 is 18.8 Å². The lowest BCUT2D eigenvalue weighted by molar-refractivity contribution is -0.139. The summed E-state index contributed by atoms with van der Waals surface area (Å²) >= 11 is 1.49. The van der Waals surface area contributed by atoms with E-state index >= 15 is 0 Å². The Kier molecular flexibility index (Phi) is 5.07. The van der Waals surface area contributed by atoms with E-state index in [2.05, 4.69) is 12.2 Å². The van der Waals surface area contributed by atoms with Gasteiger partial charge in [-0.2, -0.15) is 0 Å². The number of imide groups is 1. The summed E-state index contributed by atoms with van der Waals surface area (Å²) in [5.41, 5.74) is -0.400. The summed E-state index contributed by atoms with van der Waals surface area (Å²) in [5, 5.41) is 2.41. The lowest BCUT2D eigenvalue weighted by Gasteiger charge is -2.33. The first kappa shape index (κ1) is 19.2. The van der Waals surface area contributed by atoms with Gasteiger partial charge >= 0.3 is 6.03 Å². The number of benzene rings is 1. The summed E-state index contributed by atoms with van der Waals surface area (Å²) in [7, 11) is 0. The number of thioether (sulfide) groups is 1. The highest BCUT2D eigenvalue weighted by atomic mass is 32.2. The van der Waals surface area contributed by atoms with Gasteiger partial charge in [0.1, 0.15) is 23.3 Å².